The summed E-state index contributed by atoms with van der Waals surface area (Å²) >= 11 is 5.09. The molecule has 1 aromatic carbocycles. The number of fused-ring (bicyclic) bond motifs is 1. The van der Waals surface area contributed by atoms with E-state index in [4.69, 9.17) is 12.6 Å². The van der Waals surface area contributed by atoms with Crippen molar-refractivity contribution in [3.05, 3.63) is 29.3 Å². The zero-order chi connectivity index (χ0) is 6.27. The molecule has 1 aliphatic rings. The molecule has 2 rings (SSSR count). The summed E-state index contributed by atoms with van der Waals surface area (Å²) in [5.74, 6) is 0. The van der Waals surface area contributed by atoms with Gasteiger partial charge in [0.15, 0.2) is 0 Å². The summed E-state index contributed by atoms with van der Waals surface area (Å²) in [4.78, 5) is 1.05. The van der Waals surface area contributed by atoms with Crippen LogP contribution in [0.2, 0.25) is 0 Å². The molecule has 0 aliphatic heterocycles. The summed E-state index contributed by atoms with van der Waals surface area (Å²) in [6, 6.07) is 6.21. The van der Waals surface area contributed by atoms with E-state index in [-0.39, 0.29) is 29.6 Å². The van der Waals surface area contributed by atoms with Gasteiger partial charge < -0.3 is 12.6 Å². The SMILES string of the molecule is [Na+].[S-]c1cccc2c1CC2. The Labute approximate surface area is 88.7 Å². The van der Waals surface area contributed by atoms with E-state index in [2.05, 4.69) is 6.07 Å². The third-order valence-corrected chi connectivity index (χ3v) is 2.26. The molecule has 0 bridgehead atoms. The average molecular weight is 158 g/mol. The molecule has 0 spiro atoms. The van der Waals surface area contributed by atoms with Crippen LogP contribution in [0.3, 0.4) is 0 Å². The van der Waals surface area contributed by atoms with Crippen molar-refractivity contribution in [2.24, 2.45) is 0 Å². The van der Waals surface area contributed by atoms with Gasteiger partial charge in [-0.2, -0.15) is 4.90 Å². The van der Waals surface area contributed by atoms with E-state index in [0.29, 0.717) is 0 Å². The van der Waals surface area contributed by atoms with Crippen LogP contribution in [0.4, 0.5) is 0 Å². The van der Waals surface area contributed by atoms with Gasteiger partial charge in [0.25, 0.3) is 0 Å². The maximum absolute atomic E-state index is 5.09. The molecule has 0 heterocycles. The molecule has 0 fully saturated rings. The van der Waals surface area contributed by atoms with Gasteiger partial charge in [-0.3, -0.25) is 0 Å². The maximum Gasteiger partial charge on any atom is 1.00 e. The van der Waals surface area contributed by atoms with Gasteiger partial charge >= 0.3 is 29.6 Å². The van der Waals surface area contributed by atoms with Crippen molar-refractivity contribution >= 4 is 12.6 Å². The third kappa shape index (κ3) is 1.24. The largest absolute Gasteiger partial charge is 1.00 e. The van der Waals surface area contributed by atoms with Crippen LogP contribution in [0.25, 0.3) is 0 Å². The molecule has 10 heavy (non-hydrogen) atoms. The van der Waals surface area contributed by atoms with Crippen LogP contribution in [0.1, 0.15) is 11.1 Å². The van der Waals surface area contributed by atoms with E-state index in [9.17, 15) is 0 Å². The first-order chi connectivity index (χ1) is 4.38. The van der Waals surface area contributed by atoms with Crippen molar-refractivity contribution in [3.63, 3.8) is 0 Å². The molecule has 0 nitrogen and oxygen atoms in total. The molecule has 1 aromatic rings. The predicted octanol–water partition coefficient (Wildman–Crippen LogP) is -1.31. The predicted molar refractivity (Wildman–Crippen MR) is 39.5 cm³/mol. The van der Waals surface area contributed by atoms with Crippen molar-refractivity contribution in [1.82, 2.24) is 0 Å². The Hall–Kier alpha value is 0.440. The maximum atomic E-state index is 5.09. The summed E-state index contributed by atoms with van der Waals surface area (Å²) in [5, 5.41) is 0. The third-order valence-electron chi connectivity index (χ3n) is 1.87. The summed E-state index contributed by atoms with van der Waals surface area (Å²) < 4.78 is 0. The van der Waals surface area contributed by atoms with Gasteiger partial charge in [-0.1, -0.05) is 23.8 Å². The number of rotatable bonds is 0. The van der Waals surface area contributed by atoms with E-state index < -0.39 is 0 Å². The summed E-state index contributed by atoms with van der Waals surface area (Å²) in [5.41, 5.74) is 2.87. The van der Waals surface area contributed by atoms with Gasteiger partial charge in [0.05, 0.1) is 0 Å². The first-order valence-electron chi connectivity index (χ1n) is 3.16. The van der Waals surface area contributed by atoms with E-state index >= 15 is 0 Å². The van der Waals surface area contributed by atoms with Crippen molar-refractivity contribution in [2.45, 2.75) is 17.7 Å². The Morgan fingerprint density at radius 3 is 2.40 bits per heavy atom. The molecule has 0 radical (unpaired) electrons. The molecular formula is C8H7NaS. The Morgan fingerprint density at radius 1 is 1.20 bits per heavy atom. The summed E-state index contributed by atoms with van der Waals surface area (Å²) in [6.07, 6.45) is 2.44. The fraction of sp³-hybridized carbons (Fsp3) is 0.250. The Balaban J connectivity index is 0.000000500. The quantitative estimate of drug-likeness (QED) is 0.334. The van der Waals surface area contributed by atoms with Gasteiger partial charge in [0, 0.05) is 0 Å². The molecule has 0 saturated carbocycles. The summed E-state index contributed by atoms with van der Waals surface area (Å²) in [6.45, 7) is 0. The van der Waals surface area contributed by atoms with Crippen LogP contribution in [-0.4, -0.2) is 0 Å². The number of hydrogen-bond donors (Lipinski definition) is 0. The van der Waals surface area contributed by atoms with E-state index in [0.717, 1.165) is 4.90 Å². The van der Waals surface area contributed by atoms with Crippen LogP contribution in [0.15, 0.2) is 23.1 Å². The van der Waals surface area contributed by atoms with Crippen LogP contribution < -0.4 is 29.6 Å². The van der Waals surface area contributed by atoms with Crippen LogP contribution >= 0.6 is 0 Å². The zero-order valence-corrected chi connectivity index (χ0v) is 8.87. The normalized spacial score (nSPS) is 12.8. The Morgan fingerprint density at radius 2 is 2.00 bits per heavy atom. The second kappa shape index (κ2) is 3.22. The van der Waals surface area contributed by atoms with Crippen molar-refractivity contribution < 1.29 is 29.6 Å². The minimum Gasteiger partial charge on any atom is -0.779 e. The molecular weight excluding hydrogens is 151 g/mol. The molecule has 0 amide bonds. The fourth-order valence-electron chi connectivity index (χ4n) is 1.21. The van der Waals surface area contributed by atoms with Gasteiger partial charge in [-0.05, 0) is 18.4 Å². The number of aryl methyl sites for hydroxylation is 1. The molecule has 0 aromatic heterocycles. The van der Waals surface area contributed by atoms with Crippen molar-refractivity contribution in [1.29, 1.82) is 0 Å². The first kappa shape index (κ1) is 8.54. The van der Waals surface area contributed by atoms with E-state index in [1.807, 2.05) is 12.1 Å². The zero-order valence-electron chi connectivity index (χ0n) is 6.05. The minimum atomic E-state index is 0. The molecule has 0 atom stereocenters. The second-order valence-corrected chi connectivity index (χ2v) is 2.83. The molecule has 0 N–H and O–H groups in total. The molecule has 46 valence electrons. The summed E-state index contributed by atoms with van der Waals surface area (Å²) in [7, 11) is 0. The van der Waals surface area contributed by atoms with Crippen molar-refractivity contribution in [3.8, 4) is 0 Å². The smallest absolute Gasteiger partial charge is 0.779 e. The second-order valence-electron chi connectivity index (χ2n) is 2.39. The van der Waals surface area contributed by atoms with Gasteiger partial charge in [-0.25, -0.2) is 0 Å². The number of benzene rings is 1. The Kier molecular flexibility index (Phi) is 2.75. The van der Waals surface area contributed by atoms with E-state index in [1.54, 1.807) is 0 Å². The molecule has 0 saturated heterocycles. The average Bonchev–Trinajstić information content (AvgIpc) is 1.74. The molecule has 1 aliphatic carbocycles. The van der Waals surface area contributed by atoms with E-state index in [1.165, 1.54) is 24.0 Å². The van der Waals surface area contributed by atoms with Gasteiger partial charge in [0.2, 0.25) is 0 Å². The Bertz CT molecular complexity index is 231. The van der Waals surface area contributed by atoms with Gasteiger partial charge in [0.1, 0.15) is 0 Å². The topological polar surface area (TPSA) is 0 Å². The minimum absolute atomic E-state index is 0. The van der Waals surface area contributed by atoms with Crippen LogP contribution in [0.5, 0.6) is 0 Å². The standard InChI is InChI=1S/C8H8S.Na/c9-8-3-1-2-6-4-5-7(6)8;/h1-3,9H,4-5H2;/q;+1/p-1. The number of hydrogen-bond acceptors (Lipinski definition) is 1. The molecule has 2 heteroatoms. The van der Waals surface area contributed by atoms with Gasteiger partial charge in [-0.15, -0.1) is 0 Å². The first-order valence-corrected chi connectivity index (χ1v) is 3.56. The van der Waals surface area contributed by atoms with Crippen LogP contribution in [0, 0.1) is 0 Å². The van der Waals surface area contributed by atoms with Crippen molar-refractivity contribution in [2.75, 3.05) is 0 Å². The van der Waals surface area contributed by atoms with Crippen LogP contribution in [-0.2, 0) is 25.5 Å². The molecule has 0 unspecified atom stereocenters. The monoisotopic (exact) mass is 158 g/mol. The fourth-order valence-corrected chi connectivity index (χ4v) is 1.52.